The molecule has 16 heavy (non-hydrogen) atoms. The van der Waals surface area contributed by atoms with Crippen molar-refractivity contribution in [2.45, 2.75) is 45.1 Å². The molecule has 0 aromatic heterocycles. The Labute approximate surface area is 106 Å². The number of halogens is 2. The van der Waals surface area contributed by atoms with E-state index >= 15 is 0 Å². The normalized spacial score (nSPS) is 15.1. The predicted octanol–water partition coefficient (Wildman–Crippen LogP) is 4.64. The van der Waals surface area contributed by atoms with E-state index < -0.39 is 6.10 Å². The third-order valence-corrected chi connectivity index (χ3v) is 2.46. The molecular formula is C13H20BrFO. The average molecular weight is 291 g/mol. The number of rotatable bonds is 8. The van der Waals surface area contributed by atoms with E-state index in [2.05, 4.69) is 22.9 Å². The maximum absolute atomic E-state index is 13.0. The summed E-state index contributed by atoms with van der Waals surface area (Å²) in [7, 11) is 0. The molecule has 0 aliphatic rings. The molecule has 0 saturated carbocycles. The largest absolute Gasteiger partial charge is 0.389 e. The van der Waals surface area contributed by atoms with Crippen molar-refractivity contribution in [2.75, 3.05) is 0 Å². The molecule has 3 heteroatoms. The lowest BCUT2D eigenvalue weighted by molar-refractivity contribution is 0.208. The molecule has 0 bridgehead atoms. The fourth-order valence-electron chi connectivity index (χ4n) is 1.26. The van der Waals surface area contributed by atoms with Crippen LogP contribution in [0.4, 0.5) is 4.39 Å². The van der Waals surface area contributed by atoms with Crippen LogP contribution >= 0.6 is 15.9 Å². The van der Waals surface area contributed by atoms with Gasteiger partial charge in [-0.1, -0.05) is 60.7 Å². The maximum Gasteiger partial charge on any atom is 0.123 e. The minimum atomic E-state index is -0.538. The molecule has 0 aromatic carbocycles. The minimum absolute atomic E-state index is 0.358. The van der Waals surface area contributed by atoms with Crippen molar-refractivity contribution in [3.05, 3.63) is 35.1 Å². The minimum Gasteiger partial charge on any atom is -0.389 e. The van der Waals surface area contributed by atoms with Crippen LogP contribution in [-0.2, 0) is 0 Å². The second kappa shape index (κ2) is 11.1. The standard InChI is InChI=1S/C13H20BrFO/c1-2-3-4-5-8-13(16)10-9-12(15)7-6-11-14/h6-7,9-11,13,16H,2-5,8H2,1H3/b10-9+,11-6+,12-7+. The summed E-state index contributed by atoms with van der Waals surface area (Å²) in [6, 6.07) is 0. The highest BCUT2D eigenvalue weighted by molar-refractivity contribution is 9.11. The van der Waals surface area contributed by atoms with Gasteiger partial charge in [-0.2, -0.15) is 0 Å². The quantitative estimate of drug-likeness (QED) is 0.510. The second-order valence-corrected chi connectivity index (χ2v) is 4.17. The van der Waals surface area contributed by atoms with Gasteiger partial charge >= 0.3 is 0 Å². The fourth-order valence-corrected chi connectivity index (χ4v) is 1.42. The number of hydrogen-bond donors (Lipinski definition) is 1. The highest BCUT2D eigenvalue weighted by atomic mass is 79.9. The third kappa shape index (κ3) is 10.1. The van der Waals surface area contributed by atoms with Gasteiger partial charge in [-0.3, -0.25) is 0 Å². The number of allylic oxidation sites excluding steroid dienone is 4. The molecule has 0 saturated heterocycles. The number of hydrogen-bond acceptors (Lipinski definition) is 1. The van der Waals surface area contributed by atoms with Crippen LogP contribution in [0.1, 0.15) is 39.0 Å². The summed E-state index contributed by atoms with van der Waals surface area (Å²) in [5, 5.41) is 9.51. The summed E-state index contributed by atoms with van der Waals surface area (Å²) >= 11 is 3.04. The Hall–Kier alpha value is -0.410. The van der Waals surface area contributed by atoms with Gasteiger partial charge in [0.15, 0.2) is 0 Å². The molecule has 0 radical (unpaired) electrons. The topological polar surface area (TPSA) is 20.2 Å². The molecule has 0 aliphatic carbocycles. The zero-order valence-corrected chi connectivity index (χ0v) is 11.3. The first-order chi connectivity index (χ1) is 7.70. The van der Waals surface area contributed by atoms with Crippen LogP contribution in [0.3, 0.4) is 0 Å². The van der Waals surface area contributed by atoms with Gasteiger partial charge < -0.3 is 5.11 Å². The molecule has 1 nitrogen and oxygen atoms in total. The van der Waals surface area contributed by atoms with Crippen LogP contribution in [-0.4, -0.2) is 11.2 Å². The monoisotopic (exact) mass is 290 g/mol. The lowest BCUT2D eigenvalue weighted by Gasteiger charge is -2.04. The number of unbranched alkanes of at least 4 members (excludes halogenated alkanes) is 3. The lowest BCUT2D eigenvalue weighted by atomic mass is 10.1. The van der Waals surface area contributed by atoms with E-state index in [-0.39, 0.29) is 5.83 Å². The SMILES string of the molecule is CCCCCCC(O)/C=C/C(F)=C\C=C\Br. The molecule has 0 spiro atoms. The highest BCUT2D eigenvalue weighted by Gasteiger charge is 1.98. The van der Waals surface area contributed by atoms with Crippen molar-refractivity contribution in [3.63, 3.8) is 0 Å². The van der Waals surface area contributed by atoms with Crippen molar-refractivity contribution in [1.29, 1.82) is 0 Å². The van der Waals surface area contributed by atoms with Gasteiger partial charge in [0.05, 0.1) is 6.10 Å². The molecule has 1 atom stereocenters. The Morgan fingerprint density at radius 2 is 2.12 bits per heavy atom. The first kappa shape index (κ1) is 15.6. The molecule has 0 aliphatic heterocycles. The van der Waals surface area contributed by atoms with Crippen LogP contribution in [0.15, 0.2) is 35.1 Å². The van der Waals surface area contributed by atoms with Crippen molar-refractivity contribution in [2.24, 2.45) is 0 Å². The maximum atomic E-state index is 13.0. The van der Waals surface area contributed by atoms with E-state index in [9.17, 15) is 9.50 Å². The van der Waals surface area contributed by atoms with Gasteiger partial charge in [-0.25, -0.2) is 4.39 Å². The summed E-state index contributed by atoms with van der Waals surface area (Å²) in [5.41, 5.74) is 0. The molecular weight excluding hydrogens is 271 g/mol. The summed E-state index contributed by atoms with van der Waals surface area (Å²) in [5.74, 6) is -0.358. The predicted molar refractivity (Wildman–Crippen MR) is 71.2 cm³/mol. The van der Waals surface area contributed by atoms with Gasteiger partial charge in [0.25, 0.3) is 0 Å². The molecule has 1 unspecified atom stereocenters. The summed E-state index contributed by atoms with van der Waals surface area (Å²) in [6.45, 7) is 2.15. The van der Waals surface area contributed by atoms with Crippen LogP contribution < -0.4 is 0 Å². The fraction of sp³-hybridized carbons (Fsp3) is 0.538. The van der Waals surface area contributed by atoms with Crippen molar-refractivity contribution in [1.82, 2.24) is 0 Å². The Kier molecular flexibility index (Phi) is 10.8. The Bertz CT molecular complexity index is 246. The first-order valence-corrected chi connectivity index (χ1v) is 6.61. The summed E-state index contributed by atoms with van der Waals surface area (Å²) in [6.07, 6.45) is 10.3. The smallest absolute Gasteiger partial charge is 0.123 e. The highest BCUT2D eigenvalue weighted by Crippen LogP contribution is 2.08. The van der Waals surface area contributed by atoms with E-state index in [1.807, 2.05) is 0 Å². The van der Waals surface area contributed by atoms with Gasteiger partial charge in [0.1, 0.15) is 5.83 Å². The lowest BCUT2D eigenvalue weighted by Crippen LogP contribution is -2.01. The van der Waals surface area contributed by atoms with E-state index in [4.69, 9.17) is 0 Å². The van der Waals surface area contributed by atoms with Crippen molar-refractivity contribution >= 4 is 15.9 Å². The van der Waals surface area contributed by atoms with E-state index in [1.165, 1.54) is 31.1 Å². The van der Waals surface area contributed by atoms with Gasteiger partial charge in [-0.15, -0.1) is 0 Å². The molecule has 0 amide bonds. The van der Waals surface area contributed by atoms with E-state index in [1.54, 1.807) is 11.1 Å². The summed E-state index contributed by atoms with van der Waals surface area (Å²) in [4.78, 5) is 1.57. The van der Waals surface area contributed by atoms with Gasteiger partial charge in [-0.05, 0) is 23.6 Å². The average Bonchev–Trinajstić information content (AvgIpc) is 2.29. The molecule has 0 rings (SSSR count). The molecule has 0 aromatic rings. The van der Waals surface area contributed by atoms with Crippen molar-refractivity contribution < 1.29 is 9.50 Å². The first-order valence-electron chi connectivity index (χ1n) is 5.69. The Balaban J connectivity index is 3.76. The second-order valence-electron chi connectivity index (χ2n) is 3.65. The van der Waals surface area contributed by atoms with Crippen LogP contribution in [0.5, 0.6) is 0 Å². The molecule has 0 heterocycles. The Morgan fingerprint density at radius 1 is 1.38 bits per heavy atom. The van der Waals surface area contributed by atoms with Crippen LogP contribution in [0.2, 0.25) is 0 Å². The Morgan fingerprint density at radius 3 is 2.75 bits per heavy atom. The summed E-state index contributed by atoms with van der Waals surface area (Å²) < 4.78 is 13.0. The van der Waals surface area contributed by atoms with Gasteiger partial charge in [0, 0.05) is 0 Å². The molecule has 0 fully saturated rings. The molecule has 1 N–H and O–H groups in total. The van der Waals surface area contributed by atoms with Crippen LogP contribution in [0, 0.1) is 0 Å². The third-order valence-electron chi connectivity index (χ3n) is 2.16. The number of aliphatic hydroxyl groups excluding tert-OH is 1. The van der Waals surface area contributed by atoms with E-state index in [0.29, 0.717) is 6.42 Å². The van der Waals surface area contributed by atoms with Crippen molar-refractivity contribution in [3.8, 4) is 0 Å². The zero-order valence-electron chi connectivity index (χ0n) is 9.70. The number of aliphatic hydroxyl groups is 1. The van der Waals surface area contributed by atoms with E-state index in [0.717, 1.165) is 12.8 Å². The van der Waals surface area contributed by atoms with Gasteiger partial charge in [0.2, 0.25) is 0 Å². The van der Waals surface area contributed by atoms with Crippen LogP contribution in [0.25, 0.3) is 0 Å². The zero-order chi connectivity index (χ0) is 12.2. The molecule has 92 valence electrons.